The number of carbonyl (C=O) groups excluding carboxylic acids is 1. The van der Waals surface area contributed by atoms with E-state index in [-0.39, 0.29) is 0 Å². The van der Waals surface area contributed by atoms with Crippen LogP contribution >= 0.6 is 0 Å². The number of aldehydes is 1. The number of carbonyl (C=O) groups is 1. The molecule has 19 heavy (non-hydrogen) atoms. The largest absolute Gasteiger partial charge is 0.486 e. The summed E-state index contributed by atoms with van der Waals surface area (Å²) in [6.45, 7) is 3.12. The van der Waals surface area contributed by atoms with Crippen molar-refractivity contribution in [2.24, 2.45) is 0 Å². The highest BCUT2D eigenvalue weighted by Crippen LogP contribution is 2.35. The average Bonchev–Trinajstić information content (AvgIpc) is 2.47. The third-order valence-corrected chi connectivity index (χ3v) is 3.36. The van der Waals surface area contributed by atoms with Crippen molar-refractivity contribution in [3.63, 3.8) is 0 Å². The minimum atomic E-state index is 0.573. The summed E-state index contributed by atoms with van der Waals surface area (Å²) in [5, 5.41) is 0. The third-order valence-electron chi connectivity index (χ3n) is 3.36. The van der Waals surface area contributed by atoms with Gasteiger partial charge in [0.25, 0.3) is 0 Å². The molecule has 0 radical (unpaired) electrons. The third kappa shape index (κ3) is 2.08. The number of hydrogen-bond donors (Lipinski definition) is 0. The molecule has 0 atom stereocenters. The van der Waals surface area contributed by atoms with Gasteiger partial charge in [0.1, 0.15) is 19.5 Å². The van der Waals surface area contributed by atoms with Crippen LogP contribution in [0, 0.1) is 6.92 Å². The van der Waals surface area contributed by atoms with Crippen molar-refractivity contribution < 1.29 is 14.3 Å². The Morgan fingerprint density at radius 3 is 2.63 bits per heavy atom. The highest BCUT2D eigenvalue weighted by atomic mass is 16.6. The fourth-order valence-electron chi connectivity index (χ4n) is 2.30. The molecule has 0 amide bonds. The highest BCUT2D eigenvalue weighted by Gasteiger charge is 2.13. The van der Waals surface area contributed by atoms with Gasteiger partial charge in [-0.2, -0.15) is 0 Å². The molecule has 1 heterocycles. The molecule has 0 aromatic heterocycles. The lowest BCUT2D eigenvalue weighted by Gasteiger charge is -2.19. The van der Waals surface area contributed by atoms with Gasteiger partial charge in [0.05, 0.1) is 0 Å². The zero-order valence-corrected chi connectivity index (χ0v) is 10.7. The normalized spacial score (nSPS) is 13.1. The number of ether oxygens (including phenoxy) is 2. The van der Waals surface area contributed by atoms with Crippen LogP contribution in [-0.4, -0.2) is 19.5 Å². The van der Waals surface area contributed by atoms with Crippen LogP contribution in [0.25, 0.3) is 11.1 Å². The summed E-state index contributed by atoms with van der Waals surface area (Å²) in [5.74, 6) is 1.54. The molecule has 1 aliphatic heterocycles. The zero-order valence-electron chi connectivity index (χ0n) is 10.7. The van der Waals surface area contributed by atoms with E-state index in [0.29, 0.717) is 18.8 Å². The summed E-state index contributed by atoms with van der Waals surface area (Å²) in [7, 11) is 0. The van der Waals surface area contributed by atoms with Gasteiger partial charge in [-0.05, 0) is 35.7 Å². The highest BCUT2D eigenvalue weighted by molar-refractivity contribution is 5.83. The van der Waals surface area contributed by atoms with Crippen LogP contribution in [0.1, 0.15) is 15.9 Å². The first-order chi connectivity index (χ1) is 9.29. The van der Waals surface area contributed by atoms with E-state index < -0.39 is 0 Å². The first-order valence-corrected chi connectivity index (χ1v) is 6.24. The lowest BCUT2D eigenvalue weighted by Crippen LogP contribution is -2.15. The van der Waals surface area contributed by atoms with Crippen LogP contribution in [0.3, 0.4) is 0 Å². The van der Waals surface area contributed by atoms with E-state index in [9.17, 15) is 4.79 Å². The molecule has 3 heteroatoms. The molecule has 0 bridgehead atoms. The van der Waals surface area contributed by atoms with E-state index in [4.69, 9.17) is 9.47 Å². The molecule has 3 nitrogen and oxygen atoms in total. The Hall–Kier alpha value is -2.29. The Morgan fingerprint density at radius 1 is 1.05 bits per heavy atom. The second-order valence-electron chi connectivity index (χ2n) is 4.50. The lowest BCUT2D eigenvalue weighted by atomic mass is 9.96. The minimum Gasteiger partial charge on any atom is -0.486 e. The van der Waals surface area contributed by atoms with E-state index in [0.717, 1.165) is 34.5 Å². The number of benzene rings is 2. The van der Waals surface area contributed by atoms with Gasteiger partial charge in [0.15, 0.2) is 11.5 Å². The van der Waals surface area contributed by atoms with Crippen molar-refractivity contribution in [2.75, 3.05) is 13.2 Å². The average molecular weight is 254 g/mol. The predicted octanol–water partition coefficient (Wildman–Crippen LogP) is 3.25. The Morgan fingerprint density at radius 2 is 1.84 bits per heavy atom. The summed E-state index contributed by atoms with van der Waals surface area (Å²) < 4.78 is 11.1. The quantitative estimate of drug-likeness (QED) is 0.772. The maximum Gasteiger partial charge on any atom is 0.161 e. The standard InChI is InChI=1S/C16H14O3/c1-11-13(10-17)3-2-4-14(11)12-5-6-15-16(9-12)19-8-7-18-15/h2-6,9-10H,7-8H2,1H3. The molecule has 0 aliphatic carbocycles. The first kappa shape index (κ1) is 11.8. The van der Waals surface area contributed by atoms with Crippen LogP contribution in [0.4, 0.5) is 0 Å². The van der Waals surface area contributed by atoms with E-state index >= 15 is 0 Å². The Balaban J connectivity index is 2.09. The van der Waals surface area contributed by atoms with Crippen molar-refractivity contribution in [3.8, 4) is 22.6 Å². The Bertz CT molecular complexity index is 632. The molecule has 2 aromatic carbocycles. The van der Waals surface area contributed by atoms with Crippen LogP contribution in [0.5, 0.6) is 11.5 Å². The van der Waals surface area contributed by atoms with Crippen LogP contribution in [-0.2, 0) is 0 Å². The second-order valence-corrected chi connectivity index (χ2v) is 4.50. The van der Waals surface area contributed by atoms with Gasteiger partial charge >= 0.3 is 0 Å². The molecule has 0 unspecified atom stereocenters. The first-order valence-electron chi connectivity index (χ1n) is 6.24. The molecule has 0 saturated heterocycles. The molecule has 0 saturated carbocycles. The molecule has 96 valence electrons. The topological polar surface area (TPSA) is 35.5 Å². The Kier molecular flexibility index (Phi) is 2.95. The minimum absolute atomic E-state index is 0.573. The zero-order chi connectivity index (χ0) is 13.2. The molecular formula is C16H14O3. The number of fused-ring (bicyclic) bond motifs is 1. The molecular weight excluding hydrogens is 240 g/mol. The van der Waals surface area contributed by atoms with Gasteiger partial charge in [-0.1, -0.05) is 24.3 Å². The van der Waals surface area contributed by atoms with Crippen LogP contribution in [0.2, 0.25) is 0 Å². The smallest absolute Gasteiger partial charge is 0.161 e. The molecule has 0 spiro atoms. The summed E-state index contributed by atoms with van der Waals surface area (Å²) >= 11 is 0. The summed E-state index contributed by atoms with van der Waals surface area (Å²) in [6, 6.07) is 11.6. The summed E-state index contributed by atoms with van der Waals surface area (Å²) in [6.07, 6.45) is 0.886. The Labute approximate surface area is 111 Å². The fraction of sp³-hybridized carbons (Fsp3) is 0.188. The summed E-state index contributed by atoms with van der Waals surface area (Å²) in [4.78, 5) is 11.0. The van der Waals surface area contributed by atoms with Crippen molar-refractivity contribution in [2.45, 2.75) is 6.92 Å². The predicted molar refractivity (Wildman–Crippen MR) is 73.0 cm³/mol. The van der Waals surface area contributed by atoms with E-state index in [2.05, 4.69) is 0 Å². The molecule has 0 N–H and O–H groups in total. The van der Waals surface area contributed by atoms with Crippen molar-refractivity contribution in [1.29, 1.82) is 0 Å². The molecule has 0 fully saturated rings. The van der Waals surface area contributed by atoms with Crippen molar-refractivity contribution in [1.82, 2.24) is 0 Å². The second kappa shape index (κ2) is 4.76. The van der Waals surface area contributed by atoms with E-state index in [1.807, 2.05) is 43.3 Å². The number of hydrogen-bond acceptors (Lipinski definition) is 3. The van der Waals surface area contributed by atoms with Gasteiger partial charge in [0.2, 0.25) is 0 Å². The maximum atomic E-state index is 11.0. The van der Waals surface area contributed by atoms with Crippen molar-refractivity contribution >= 4 is 6.29 Å². The molecule has 3 rings (SSSR count). The van der Waals surface area contributed by atoms with Crippen LogP contribution in [0.15, 0.2) is 36.4 Å². The SMILES string of the molecule is Cc1c(C=O)cccc1-c1ccc2c(c1)OCCO2. The van der Waals surface area contributed by atoms with E-state index in [1.165, 1.54) is 0 Å². The molecule has 2 aromatic rings. The number of rotatable bonds is 2. The summed E-state index contributed by atoms with van der Waals surface area (Å²) in [5.41, 5.74) is 3.77. The molecule has 1 aliphatic rings. The lowest BCUT2D eigenvalue weighted by molar-refractivity contribution is 0.112. The van der Waals surface area contributed by atoms with Crippen molar-refractivity contribution in [3.05, 3.63) is 47.5 Å². The van der Waals surface area contributed by atoms with Crippen LogP contribution < -0.4 is 9.47 Å². The van der Waals surface area contributed by atoms with Gasteiger partial charge in [0, 0.05) is 5.56 Å². The fourth-order valence-corrected chi connectivity index (χ4v) is 2.30. The van der Waals surface area contributed by atoms with Gasteiger partial charge < -0.3 is 9.47 Å². The van der Waals surface area contributed by atoms with Gasteiger partial charge in [-0.25, -0.2) is 0 Å². The van der Waals surface area contributed by atoms with Gasteiger partial charge in [-0.15, -0.1) is 0 Å². The van der Waals surface area contributed by atoms with Gasteiger partial charge in [-0.3, -0.25) is 4.79 Å². The van der Waals surface area contributed by atoms with E-state index in [1.54, 1.807) is 0 Å². The maximum absolute atomic E-state index is 11.0. The monoisotopic (exact) mass is 254 g/mol.